The molecule has 4 nitrogen and oxygen atoms in total. The predicted molar refractivity (Wildman–Crippen MR) is 80.5 cm³/mol. The molecule has 1 fully saturated rings. The second-order valence-corrected chi connectivity index (χ2v) is 5.82. The molecule has 1 aromatic rings. The molecular formula is C15H26N4. The van der Waals surface area contributed by atoms with Crippen LogP contribution < -0.4 is 10.2 Å². The molecule has 1 aliphatic heterocycles. The van der Waals surface area contributed by atoms with Crippen LogP contribution in [0.15, 0.2) is 18.5 Å². The smallest absolute Gasteiger partial charge is 0.0443 e. The fraction of sp³-hybridized carbons (Fsp3) is 0.667. The number of likely N-dealkylation sites (N-methyl/N-ethyl adjacent to an activating group) is 1. The zero-order valence-corrected chi connectivity index (χ0v) is 12.6. The molecule has 0 aromatic carbocycles. The topological polar surface area (TPSA) is 31.4 Å². The van der Waals surface area contributed by atoms with E-state index in [9.17, 15) is 0 Å². The molecule has 2 heterocycles. The Hall–Kier alpha value is -1.13. The molecule has 1 aromatic heterocycles. The van der Waals surface area contributed by atoms with Crippen LogP contribution in [0.2, 0.25) is 0 Å². The van der Waals surface area contributed by atoms with Crippen molar-refractivity contribution < 1.29 is 0 Å². The Morgan fingerprint density at radius 1 is 1.42 bits per heavy atom. The summed E-state index contributed by atoms with van der Waals surface area (Å²) in [5, 5.41) is 3.48. The molecule has 1 N–H and O–H groups in total. The molecule has 19 heavy (non-hydrogen) atoms. The molecule has 1 aliphatic rings. The lowest BCUT2D eigenvalue weighted by atomic mass is 10.1. The first-order valence-electron chi connectivity index (χ1n) is 7.19. The van der Waals surface area contributed by atoms with Crippen molar-refractivity contribution in [3.05, 3.63) is 24.0 Å². The molecule has 0 spiro atoms. The van der Waals surface area contributed by atoms with Gasteiger partial charge in [0.2, 0.25) is 0 Å². The van der Waals surface area contributed by atoms with Crippen LogP contribution in [0.25, 0.3) is 0 Å². The van der Waals surface area contributed by atoms with Crippen molar-refractivity contribution in [2.45, 2.75) is 39.4 Å². The van der Waals surface area contributed by atoms with Gasteiger partial charge < -0.3 is 15.1 Å². The van der Waals surface area contributed by atoms with Gasteiger partial charge in [-0.05, 0) is 20.0 Å². The lowest BCUT2D eigenvalue weighted by Crippen LogP contribution is -2.50. The third-order valence-electron chi connectivity index (χ3n) is 3.88. The lowest BCUT2D eigenvalue weighted by molar-refractivity contribution is 0.234. The van der Waals surface area contributed by atoms with Crippen molar-refractivity contribution in [2.24, 2.45) is 0 Å². The Balaban J connectivity index is 2.10. The van der Waals surface area contributed by atoms with Gasteiger partial charge in [-0.3, -0.25) is 4.98 Å². The molecule has 0 amide bonds. The summed E-state index contributed by atoms with van der Waals surface area (Å²) < 4.78 is 0. The molecule has 1 unspecified atom stereocenters. The predicted octanol–water partition coefficient (Wildman–Crippen LogP) is 1.72. The number of piperazine rings is 1. The summed E-state index contributed by atoms with van der Waals surface area (Å²) in [5.74, 6) is 0. The highest BCUT2D eigenvalue weighted by molar-refractivity contribution is 5.52. The van der Waals surface area contributed by atoms with Gasteiger partial charge in [-0.25, -0.2) is 0 Å². The largest absolute Gasteiger partial charge is 0.368 e. The van der Waals surface area contributed by atoms with Crippen molar-refractivity contribution in [3.8, 4) is 0 Å². The maximum absolute atomic E-state index is 4.28. The van der Waals surface area contributed by atoms with E-state index in [0.717, 1.165) is 26.2 Å². The molecule has 0 bridgehead atoms. The van der Waals surface area contributed by atoms with Crippen LogP contribution in [0.5, 0.6) is 0 Å². The second kappa shape index (κ2) is 6.35. The molecular weight excluding hydrogens is 236 g/mol. The minimum Gasteiger partial charge on any atom is -0.368 e. The molecule has 1 atom stereocenters. The second-order valence-electron chi connectivity index (χ2n) is 5.82. The van der Waals surface area contributed by atoms with Crippen molar-refractivity contribution in [3.63, 3.8) is 0 Å². The molecule has 0 radical (unpaired) electrons. The van der Waals surface area contributed by atoms with Crippen LogP contribution in [-0.4, -0.2) is 48.6 Å². The van der Waals surface area contributed by atoms with Crippen LogP contribution >= 0.6 is 0 Å². The quantitative estimate of drug-likeness (QED) is 0.895. The van der Waals surface area contributed by atoms with Crippen LogP contribution in [0.1, 0.15) is 26.3 Å². The van der Waals surface area contributed by atoms with E-state index < -0.39 is 0 Å². The lowest BCUT2D eigenvalue weighted by Gasteiger charge is -2.39. The number of rotatable bonds is 4. The maximum Gasteiger partial charge on any atom is 0.0443 e. The standard InChI is InChI=1S/C15H26N4/c1-12(2)17-10-14-9-16-6-5-15(14)19-8-7-18(4)13(3)11-19/h5-6,9,12-13,17H,7-8,10-11H2,1-4H3. The number of anilines is 1. The zero-order valence-electron chi connectivity index (χ0n) is 12.6. The molecule has 0 aliphatic carbocycles. The maximum atomic E-state index is 4.28. The summed E-state index contributed by atoms with van der Waals surface area (Å²) in [4.78, 5) is 9.19. The Labute approximate surface area is 116 Å². The van der Waals surface area contributed by atoms with Crippen LogP contribution in [0.3, 0.4) is 0 Å². The average molecular weight is 262 g/mol. The van der Waals surface area contributed by atoms with Crippen molar-refractivity contribution >= 4 is 5.69 Å². The molecule has 1 saturated heterocycles. The van der Waals surface area contributed by atoms with E-state index in [2.05, 4.69) is 54.0 Å². The van der Waals surface area contributed by atoms with Gasteiger partial charge in [0, 0.05) is 61.9 Å². The van der Waals surface area contributed by atoms with Crippen LogP contribution in [-0.2, 0) is 6.54 Å². The van der Waals surface area contributed by atoms with E-state index in [0.29, 0.717) is 12.1 Å². The number of pyridine rings is 1. The van der Waals surface area contributed by atoms with Gasteiger partial charge in [-0.1, -0.05) is 13.8 Å². The Morgan fingerprint density at radius 3 is 2.89 bits per heavy atom. The van der Waals surface area contributed by atoms with Gasteiger partial charge in [0.15, 0.2) is 0 Å². The van der Waals surface area contributed by atoms with E-state index in [1.54, 1.807) is 0 Å². The highest BCUT2D eigenvalue weighted by atomic mass is 15.3. The summed E-state index contributed by atoms with van der Waals surface area (Å²) in [7, 11) is 2.20. The third-order valence-corrected chi connectivity index (χ3v) is 3.88. The summed E-state index contributed by atoms with van der Waals surface area (Å²) in [6, 6.07) is 3.25. The van der Waals surface area contributed by atoms with E-state index >= 15 is 0 Å². The minimum absolute atomic E-state index is 0.500. The number of aromatic nitrogens is 1. The zero-order chi connectivity index (χ0) is 13.8. The molecule has 2 rings (SSSR count). The number of hydrogen-bond donors (Lipinski definition) is 1. The number of nitrogens with zero attached hydrogens (tertiary/aromatic N) is 3. The first kappa shape index (κ1) is 14.3. The molecule has 4 heteroatoms. The summed E-state index contributed by atoms with van der Waals surface area (Å²) in [6.07, 6.45) is 3.89. The fourth-order valence-corrected chi connectivity index (χ4v) is 2.45. The Kier molecular flexibility index (Phi) is 4.77. The summed E-state index contributed by atoms with van der Waals surface area (Å²) in [6.45, 7) is 10.8. The van der Waals surface area contributed by atoms with E-state index in [-0.39, 0.29) is 0 Å². The first-order chi connectivity index (χ1) is 9.08. The van der Waals surface area contributed by atoms with Crippen molar-refractivity contribution in [1.82, 2.24) is 15.2 Å². The van der Waals surface area contributed by atoms with Gasteiger partial charge in [0.25, 0.3) is 0 Å². The minimum atomic E-state index is 0.500. The highest BCUT2D eigenvalue weighted by Crippen LogP contribution is 2.22. The normalized spacial score (nSPS) is 21.1. The van der Waals surface area contributed by atoms with Gasteiger partial charge >= 0.3 is 0 Å². The number of hydrogen-bond acceptors (Lipinski definition) is 4. The average Bonchev–Trinajstić information content (AvgIpc) is 2.40. The van der Waals surface area contributed by atoms with Crippen LogP contribution in [0, 0.1) is 0 Å². The van der Waals surface area contributed by atoms with E-state index in [1.807, 2.05) is 12.4 Å². The van der Waals surface area contributed by atoms with Gasteiger partial charge in [0.05, 0.1) is 0 Å². The van der Waals surface area contributed by atoms with E-state index in [4.69, 9.17) is 0 Å². The Morgan fingerprint density at radius 2 is 2.21 bits per heavy atom. The van der Waals surface area contributed by atoms with Gasteiger partial charge in [-0.2, -0.15) is 0 Å². The monoisotopic (exact) mass is 262 g/mol. The highest BCUT2D eigenvalue weighted by Gasteiger charge is 2.22. The van der Waals surface area contributed by atoms with Crippen LogP contribution in [0.4, 0.5) is 5.69 Å². The number of nitrogens with one attached hydrogen (secondary N) is 1. The summed E-state index contributed by atoms with van der Waals surface area (Å²) in [5.41, 5.74) is 2.64. The summed E-state index contributed by atoms with van der Waals surface area (Å²) >= 11 is 0. The molecule has 106 valence electrons. The molecule has 0 saturated carbocycles. The SMILES string of the molecule is CC(C)NCc1cnccc1N1CCN(C)C(C)C1. The Bertz CT molecular complexity index is 405. The van der Waals surface area contributed by atoms with Gasteiger partial charge in [0.1, 0.15) is 0 Å². The fourth-order valence-electron chi connectivity index (χ4n) is 2.45. The van der Waals surface area contributed by atoms with Gasteiger partial charge in [-0.15, -0.1) is 0 Å². The third kappa shape index (κ3) is 3.67. The van der Waals surface area contributed by atoms with Crippen molar-refractivity contribution in [1.29, 1.82) is 0 Å². The first-order valence-corrected chi connectivity index (χ1v) is 7.19. The van der Waals surface area contributed by atoms with E-state index in [1.165, 1.54) is 11.3 Å². The van der Waals surface area contributed by atoms with Crippen molar-refractivity contribution in [2.75, 3.05) is 31.6 Å².